The second-order valence-electron chi connectivity index (χ2n) is 4.67. The molecule has 0 spiro atoms. The average Bonchev–Trinajstić information content (AvgIpc) is 2.29. The minimum absolute atomic E-state index is 0.0838. The Morgan fingerprint density at radius 3 is 2.12 bits per heavy atom. The fourth-order valence-electron chi connectivity index (χ4n) is 2.49. The van der Waals surface area contributed by atoms with Gasteiger partial charge in [-0.25, -0.2) is 0 Å². The lowest BCUT2D eigenvalue weighted by atomic mass is 9.80. The molecule has 0 radical (unpaired) electrons. The Morgan fingerprint density at radius 2 is 1.59 bits per heavy atom. The first-order chi connectivity index (χ1) is 7.98. The van der Waals surface area contributed by atoms with Crippen LogP contribution in [-0.2, 0) is 6.18 Å². The number of hydrogen-bond donors (Lipinski definition) is 1. The van der Waals surface area contributed by atoms with Crippen LogP contribution in [0.25, 0.3) is 0 Å². The zero-order chi connectivity index (χ0) is 12.5. The van der Waals surface area contributed by atoms with E-state index in [2.05, 4.69) is 0 Å². The van der Waals surface area contributed by atoms with Gasteiger partial charge >= 0.3 is 6.18 Å². The predicted octanol–water partition coefficient (Wildman–Crippen LogP) is 3.69. The lowest BCUT2D eigenvalue weighted by Gasteiger charge is -2.29. The Bertz CT molecular complexity index is 369. The quantitative estimate of drug-likeness (QED) is 0.799. The van der Waals surface area contributed by atoms with E-state index in [-0.39, 0.29) is 12.0 Å². The predicted molar refractivity (Wildman–Crippen MR) is 60.6 cm³/mol. The van der Waals surface area contributed by atoms with Crippen molar-refractivity contribution in [1.82, 2.24) is 0 Å². The Morgan fingerprint density at radius 1 is 1.00 bits per heavy atom. The smallest absolute Gasteiger partial charge is 0.327 e. The third-order valence-electron chi connectivity index (χ3n) is 3.49. The summed E-state index contributed by atoms with van der Waals surface area (Å²) < 4.78 is 37.2. The van der Waals surface area contributed by atoms with Crippen molar-refractivity contribution in [2.24, 2.45) is 5.73 Å². The molecular formula is C13H16F3N. The van der Waals surface area contributed by atoms with Gasteiger partial charge in [0, 0.05) is 6.04 Å². The van der Waals surface area contributed by atoms with Crippen LogP contribution in [0.3, 0.4) is 0 Å². The Kier molecular flexibility index (Phi) is 3.43. The Labute approximate surface area is 98.8 Å². The molecule has 0 aromatic heterocycles. The molecular weight excluding hydrogens is 227 g/mol. The van der Waals surface area contributed by atoms with Crippen LogP contribution >= 0.6 is 0 Å². The molecule has 94 valence electrons. The highest BCUT2D eigenvalue weighted by molar-refractivity contribution is 5.28. The molecule has 1 aliphatic rings. The van der Waals surface area contributed by atoms with E-state index >= 15 is 0 Å². The number of alkyl halides is 3. The summed E-state index contributed by atoms with van der Waals surface area (Å²) in [5, 5.41) is 0. The summed E-state index contributed by atoms with van der Waals surface area (Å²) in [6.07, 6.45) is -0.0802. The van der Waals surface area contributed by atoms with Gasteiger partial charge in [0.25, 0.3) is 0 Å². The van der Waals surface area contributed by atoms with E-state index in [9.17, 15) is 13.2 Å². The van der Waals surface area contributed by atoms with Crippen LogP contribution in [0.5, 0.6) is 0 Å². The van der Waals surface area contributed by atoms with Crippen LogP contribution < -0.4 is 5.73 Å². The van der Waals surface area contributed by atoms with Gasteiger partial charge in [0.1, 0.15) is 0 Å². The molecule has 0 amide bonds. The van der Waals surface area contributed by atoms with Crippen LogP contribution in [0.2, 0.25) is 0 Å². The minimum Gasteiger partial charge on any atom is -0.327 e. The van der Waals surface area contributed by atoms with Gasteiger partial charge in [-0.15, -0.1) is 0 Å². The van der Waals surface area contributed by atoms with E-state index in [1.165, 1.54) is 0 Å². The van der Waals surface area contributed by atoms with Crippen LogP contribution in [0, 0.1) is 0 Å². The molecule has 0 heterocycles. The number of rotatable bonds is 1. The van der Waals surface area contributed by atoms with E-state index in [0.29, 0.717) is 0 Å². The first-order valence-corrected chi connectivity index (χ1v) is 5.91. The standard InChI is InChI=1S/C13H16F3N/c14-13(15,16)10-7-5-9(6-8-10)11-3-1-2-4-12(11)17/h5-8,11-12H,1-4,17H2/t11-,12+/m0/s1. The van der Waals surface area contributed by atoms with Crippen molar-refractivity contribution in [1.29, 1.82) is 0 Å². The molecule has 0 aliphatic heterocycles. The molecule has 1 fully saturated rings. The van der Waals surface area contributed by atoms with Crippen LogP contribution in [0.1, 0.15) is 42.7 Å². The van der Waals surface area contributed by atoms with E-state index < -0.39 is 11.7 Å². The van der Waals surface area contributed by atoms with E-state index in [4.69, 9.17) is 5.73 Å². The molecule has 2 N–H and O–H groups in total. The second kappa shape index (κ2) is 4.69. The highest BCUT2D eigenvalue weighted by Crippen LogP contribution is 2.34. The van der Waals surface area contributed by atoms with Crippen molar-refractivity contribution < 1.29 is 13.2 Å². The zero-order valence-electron chi connectivity index (χ0n) is 9.50. The number of nitrogens with two attached hydrogens (primary N) is 1. The van der Waals surface area contributed by atoms with Gasteiger partial charge in [0.05, 0.1) is 5.56 Å². The SMILES string of the molecule is N[C@@H]1CCCC[C@H]1c1ccc(C(F)(F)F)cc1. The van der Waals surface area contributed by atoms with Crippen molar-refractivity contribution in [3.05, 3.63) is 35.4 Å². The van der Waals surface area contributed by atoms with Crippen molar-refractivity contribution in [3.8, 4) is 0 Å². The molecule has 2 atom stereocenters. The zero-order valence-corrected chi connectivity index (χ0v) is 9.50. The first-order valence-electron chi connectivity index (χ1n) is 5.91. The van der Waals surface area contributed by atoms with Gasteiger partial charge in [-0.2, -0.15) is 13.2 Å². The van der Waals surface area contributed by atoms with Crippen molar-refractivity contribution >= 4 is 0 Å². The normalized spacial score (nSPS) is 25.9. The number of hydrogen-bond acceptors (Lipinski definition) is 1. The summed E-state index contributed by atoms with van der Waals surface area (Å²) in [7, 11) is 0. The summed E-state index contributed by atoms with van der Waals surface area (Å²) in [6, 6.07) is 5.52. The van der Waals surface area contributed by atoms with Crippen LogP contribution in [0.15, 0.2) is 24.3 Å². The summed E-state index contributed by atoms with van der Waals surface area (Å²) in [4.78, 5) is 0. The summed E-state index contributed by atoms with van der Waals surface area (Å²) in [5.74, 6) is 0.214. The van der Waals surface area contributed by atoms with Crippen molar-refractivity contribution in [3.63, 3.8) is 0 Å². The summed E-state index contributed by atoms with van der Waals surface area (Å²) in [5.41, 5.74) is 6.36. The van der Waals surface area contributed by atoms with E-state index in [1.54, 1.807) is 12.1 Å². The molecule has 0 saturated heterocycles. The number of halogens is 3. The summed E-state index contributed by atoms with van der Waals surface area (Å²) >= 11 is 0. The fraction of sp³-hybridized carbons (Fsp3) is 0.538. The minimum atomic E-state index is -4.26. The topological polar surface area (TPSA) is 26.0 Å². The molecule has 1 nitrogen and oxygen atoms in total. The van der Waals surface area contributed by atoms with Crippen molar-refractivity contribution in [2.45, 2.75) is 43.8 Å². The fourth-order valence-corrected chi connectivity index (χ4v) is 2.49. The van der Waals surface area contributed by atoms with Gasteiger partial charge < -0.3 is 5.73 Å². The van der Waals surface area contributed by atoms with Gasteiger partial charge in [0.15, 0.2) is 0 Å². The largest absolute Gasteiger partial charge is 0.416 e. The summed E-state index contributed by atoms with van der Waals surface area (Å²) in [6.45, 7) is 0. The van der Waals surface area contributed by atoms with Crippen molar-refractivity contribution in [2.75, 3.05) is 0 Å². The highest BCUT2D eigenvalue weighted by Gasteiger charge is 2.31. The molecule has 1 aromatic rings. The monoisotopic (exact) mass is 243 g/mol. The number of benzene rings is 1. The lowest BCUT2D eigenvalue weighted by Crippen LogP contribution is -2.31. The van der Waals surface area contributed by atoms with Gasteiger partial charge in [-0.1, -0.05) is 25.0 Å². The Balaban J connectivity index is 2.17. The van der Waals surface area contributed by atoms with Gasteiger partial charge in [-0.05, 0) is 36.5 Å². The molecule has 17 heavy (non-hydrogen) atoms. The molecule has 1 saturated carbocycles. The Hall–Kier alpha value is -1.03. The van der Waals surface area contributed by atoms with E-state index in [0.717, 1.165) is 43.4 Å². The maximum absolute atomic E-state index is 12.4. The molecule has 0 bridgehead atoms. The van der Waals surface area contributed by atoms with Crippen LogP contribution in [-0.4, -0.2) is 6.04 Å². The molecule has 4 heteroatoms. The molecule has 0 unspecified atom stereocenters. The second-order valence-corrected chi connectivity index (χ2v) is 4.67. The first kappa shape index (κ1) is 12.4. The van der Waals surface area contributed by atoms with Gasteiger partial charge in [-0.3, -0.25) is 0 Å². The highest BCUT2D eigenvalue weighted by atomic mass is 19.4. The molecule has 1 aromatic carbocycles. The molecule has 1 aliphatic carbocycles. The maximum atomic E-state index is 12.4. The van der Waals surface area contributed by atoms with Crippen LogP contribution in [0.4, 0.5) is 13.2 Å². The lowest BCUT2D eigenvalue weighted by molar-refractivity contribution is -0.137. The third-order valence-corrected chi connectivity index (χ3v) is 3.49. The molecule has 2 rings (SSSR count). The average molecular weight is 243 g/mol. The maximum Gasteiger partial charge on any atom is 0.416 e. The third kappa shape index (κ3) is 2.80. The van der Waals surface area contributed by atoms with Gasteiger partial charge in [0.2, 0.25) is 0 Å². The van der Waals surface area contributed by atoms with E-state index in [1.807, 2.05) is 0 Å².